The molecule has 0 aliphatic rings. The van der Waals surface area contributed by atoms with Crippen molar-refractivity contribution in [2.24, 2.45) is 0 Å². The van der Waals surface area contributed by atoms with Crippen molar-refractivity contribution < 1.29 is 4.52 Å². The van der Waals surface area contributed by atoms with Gasteiger partial charge in [0.2, 0.25) is 0 Å². The second-order valence-electron chi connectivity index (χ2n) is 4.99. The maximum atomic E-state index is 6.09. The summed E-state index contributed by atoms with van der Waals surface area (Å²) in [7, 11) is 0. The number of hydrogen-bond acceptors (Lipinski definition) is 5. The Labute approximate surface area is 127 Å². The number of aryl methyl sites for hydroxylation is 2. The van der Waals surface area contributed by atoms with Gasteiger partial charge in [-0.3, -0.25) is 0 Å². The van der Waals surface area contributed by atoms with Crippen molar-refractivity contribution in [3.05, 3.63) is 46.4 Å². The summed E-state index contributed by atoms with van der Waals surface area (Å²) in [6.45, 7) is 5.87. The van der Waals surface area contributed by atoms with Crippen molar-refractivity contribution in [3.8, 4) is 0 Å². The number of fused-ring (bicyclic) bond motifs is 1. The summed E-state index contributed by atoms with van der Waals surface area (Å²) in [6, 6.07) is 7.79. The topological polar surface area (TPSA) is 63.8 Å². The molecule has 3 aromatic rings. The Bertz CT molecular complexity index is 780. The van der Waals surface area contributed by atoms with Crippen LogP contribution in [-0.4, -0.2) is 15.4 Å². The van der Waals surface area contributed by atoms with Crippen molar-refractivity contribution >= 4 is 28.2 Å². The number of halogens is 1. The predicted molar refractivity (Wildman–Crippen MR) is 82.6 cm³/mol. The van der Waals surface area contributed by atoms with E-state index in [1.807, 2.05) is 45.0 Å². The molecule has 0 aliphatic heterocycles. The van der Waals surface area contributed by atoms with Crippen LogP contribution in [0.15, 0.2) is 28.8 Å². The molecular formula is C15H15ClN4O. The molecule has 1 atom stereocenters. The lowest BCUT2D eigenvalue weighted by molar-refractivity contribution is 0.392. The summed E-state index contributed by atoms with van der Waals surface area (Å²) in [5.74, 6) is 1.50. The molecule has 2 aromatic heterocycles. The standard InChI is InChI=1S/C15H15ClN4O/c1-8(13-9(2)20-21-10(13)3)17-15-12-7-5-4-6-11(12)14(16)18-19-15/h4-8H,1-3H3,(H,17,19). The monoisotopic (exact) mass is 302 g/mol. The van der Waals surface area contributed by atoms with E-state index < -0.39 is 0 Å². The van der Waals surface area contributed by atoms with Gasteiger partial charge in [0.1, 0.15) is 5.76 Å². The average molecular weight is 303 g/mol. The normalized spacial score (nSPS) is 12.6. The molecule has 0 fully saturated rings. The van der Waals surface area contributed by atoms with Crippen LogP contribution >= 0.6 is 11.6 Å². The highest BCUT2D eigenvalue weighted by atomic mass is 35.5. The van der Waals surface area contributed by atoms with Gasteiger partial charge in [0, 0.05) is 16.3 Å². The van der Waals surface area contributed by atoms with E-state index in [9.17, 15) is 0 Å². The first kappa shape index (κ1) is 13.8. The fourth-order valence-electron chi connectivity index (χ4n) is 2.56. The highest BCUT2D eigenvalue weighted by Crippen LogP contribution is 2.29. The minimum atomic E-state index is 0.00938. The maximum Gasteiger partial charge on any atom is 0.159 e. The van der Waals surface area contributed by atoms with Gasteiger partial charge in [0.05, 0.1) is 11.7 Å². The number of anilines is 1. The highest BCUT2D eigenvalue weighted by molar-refractivity contribution is 6.34. The number of nitrogens with zero attached hydrogens (tertiary/aromatic N) is 3. The van der Waals surface area contributed by atoms with Gasteiger partial charge in [-0.25, -0.2) is 0 Å². The van der Waals surface area contributed by atoms with Crippen molar-refractivity contribution in [3.63, 3.8) is 0 Å². The molecule has 2 heterocycles. The molecule has 0 spiro atoms. The number of nitrogens with one attached hydrogen (secondary N) is 1. The molecule has 1 N–H and O–H groups in total. The van der Waals surface area contributed by atoms with Crippen molar-refractivity contribution in [2.45, 2.75) is 26.8 Å². The molecule has 0 amide bonds. The fraction of sp³-hybridized carbons (Fsp3) is 0.267. The second kappa shape index (κ2) is 5.33. The van der Waals surface area contributed by atoms with Gasteiger partial charge in [0.25, 0.3) is 0 Å². The lowest BCUT2D eigenvalue weighted by atomic mass is 10.1. The molecule has 0 bridgehead atoms. The van der Waals surface area contributed by atoms with E-state index in [1.54, 1.807) is 0 Å². The SMILES string of the molecule is Cc1noc(C)c1C(C)Nc1nnc(Cl)c2ccccc12. The number of aromatic nitrogens is 3. The Morgan fingerprint density at radius 2 is 1.86 bits per heavy atom. The Morgan fingerprint density at radius 1 is 1.14 bits per heavy atom. The number of benzene rings is 1. The molecule has 108 valence electrons. The minimum Gasteiger partial charge on any atom is -0.361 e. The third-order valence-electron chi connectivity index (χ3n) is 3.52. The van der Waals surface area contributed by atoms with E-state index in [0.717, 1.165) is 27.8 Å². The first-order valence-electron chi connectivity index (χ1n) is 6.68. The van der Waals surface area contributed by atoms with Gasteiger partial charge in [-0.2, -0.15) is 0 Å². The summed E-state index contributed by atoms with van der Waals surface area (Å²) in [4.78, 5) is 0. The summed E-state index contributed by atoms with van der Waals surface area (Å²) in [5, 5.41) is 17.7. The smallest absolute Gasteiger partial charge is 0.159 e. The first-order chi connectivity index (χ1) is 10.1. The van der Waals surface area contributed by atoms with Crippen LogP contribution in [0.25, 0.3) is 10.8 Å². The molecule has 0 saturated carbocycles. The minimum absolute atomic E-state index is 0.00938. The molecular weight excluding hydrogens is 288 g/mol. The van der Waals surface area contributed by atoms with E-state index in [0.29, 0.717) is 11.0 Å². The van der Waals surface area contributed by atoms with Crippen LogP contribution in [0.3, 0.4) is 0 Å². The van der Waals surface area contributed by atoms with Crippen LogP contribution in [0.2, 0.25) is 5.15 Å². The third-order valence-corrected chi connectivity index (χ3v) is 3.80. The summed E-state index contributed by atoms with van der Waals surface area (Å²) >= 11 is 6.09. The molecule has 3 rings (SSSR count). The van der Waals surface area contributed by atoms with Crippen LogP contribution in [0.4, 0.5) is 5.82 Å². The quantitative estimate of drug-likeness (QED) is 0.790. The zero-order valence-corrected chi connectivity index (χ0v) is 12.8. The fourth-order valence-corrected chi connectivity index (χ4v) is 2.77. The van der Waals surface area contributed by atoms with E-state index >= 15 is 0 Å². The maximum absolute atomic E-state index is 6.09. The van der Waals surface area contributed by atoms with Gasteiger partial charge in [-0.05, 0) is 20.8 Å². The van der Waals surface area contributed by atoms with Crippen molar-refractivity contribution in [1.29, 1.82) is 0 Å². The number of rotatable bonds is 3. The van der Waals surface area contributed by atoms with Gasteiger partial charge < -0.3 is 9.84 Å². The van der Waals surface area contributed by atoms with Crippen molar-refractivity contribution in [1.82, 2.24) is 15.4 Å². The summed E-state index contributed by atoms with van der Waals surface area (Å²) in [5.41, 5.74) is 1.91. The molecule has 0 aliphatic carbocycles. The Balaban J connectivity index is 2.01. The summed E-state index contributed by atoms with van der Waals surface area (Å²) in [6.07, 6.45) is 0. The van der Waals surface area contributed by atoms with E-state index in [-0.39, 0.29) is 6.04 Å². The molecule has 5 nitrogen and oxygen atoms in total. The molecule has 21 heavy (non-hydrogen) atoms. The van der Waals surface area contributed by atoms with Gasteiger partial charge in [-0.1, -0.05) is 41.0 Å². The third kappa shape index (κ3) is 2.45. The van der Waals surface area contributed by atoms with E-state index in [2.05, 4.69) is 20.7 Å². The Morgan fingerprint density at radius 3 is 2.52 bits per heavy atom. The second-order valence-corrected chi connectivity index (χ2v) is 5.35. The molecule has 1 aromatic carbocycles. The zero-order valence-electron chi connectivity index (χ0n) is 12.0. The number of hydrogen-bond donors (Lipinski definition) is 1. The van der Waals surface area contributed by atoms with Crippen molar-refractivity contribution in [2.75, 3.05) is 5.32 Å². The lowest BCUT2D eigenvalue weighted by Crippen LogP contribution is -2.10. The van der Waals surface area contributed by atoms with Crippen LogP contribution in [0, 0.1) is 13.8 Å². The molecule has 6 heteroatoms. The van der Waals surface area contributed by atoms with Gasteiger partial charge >= 0.3 is 0 Å². The zero-order chi connectivity index (χ0) is 15.0. The largest absolute Gasteiger partial charge is 0.361 e. The van der Waals surface area contributed by atoms with Crippen LogP contribution < -0.4 is 5.32 Å². The van der Waals surface area contributed by atoms with Gasteiger partial charge in [0.15, 0.2) is 11.0 Å². The highest BCUT2D eigenvalue weighted by Gasteiger charge is 2.18. The summed E-state index contributed by atoms with van der Waals surface area (Å²) < 4.78 is 5.21. The average Bonchev–Trinajstić information content (AvgIpc) is 2.81. The predicted octanol–water partition coefficient (Wildman–Crippen LogP) is 4.06. The molecule has 0 radical (unpaired) electrons. The van der Waals surface area contributed by atoms with Crippen LogP contribution in [0.5, 0.6) is 0 Å². The molecule has 1 unspecified atom stereocenters. The molecule has 0 saturated heterocycles. The van der Waals surface area contributed by atoms with Crippen LogP contribution in [-0.2, 0) is 0 Å². The Hall–Kier alpha value is -2.14. The van der Waals surface area contributed by atoms with Gasteiger partial charge in [-0.15, -0.1) is 10.2 Å². The Kier molecular flexibility index (Phi) is 3.51. The van der Waals surface area contributed by atoms with E-state index in [4.69, 9.17) is 16.1 Å². The van der Waals surface area contributed by atoms with E-state index in [1.165, 1.54) is 0 Å². The lowest BCUT2D eigenvalue weighted by Gasteiger charge is -2.15. The first-order valence-corrected chi connectivity index (χ1v) is 7.06. The van der Waals surface area contributed by atoms with Crippen LogP contribution in [0.1, 0.15) is 30.0 Å².